The van der Waals surface area contributed by atoms with Crippen molar-refractivity contribution in [1.82, 2.24) is 0 Å². The third-order valence-corrected chi connectivity index (χ3v) is 3.31. The van der Waals surface area contributed by atoms with E-state index in [0.29, 0.717) is 22.7 Å². The van der Waals surface area contributed by atoms with E-state index in [2.05, 4.69) is 10.6 Å². The Labute approximate surface area is 144 Å². The molecule has 0 radical (unpaired) electrons. The van der Waals surface area contributed by atoms with Crippen LogP contribution in [0.2, 0.25) is 0 Å². The molecular formula is C18H17N2O5-. The molecule has 0 unspecified atom stereocenters. The maximum atomic E-state index is 12.3. The van der Waals surface area contributed by atoms with Crippen molar-refractivity contribution in [3.05, 3.63) is 54.1 Å². The Balaban J connectivity index is 2.00. The van der Waals surface area contributed by atoms with Crippen molar-refractivity contribution < 1.29 is 24.2 Å². The van der Waals surface area contributed by atoms with Gasteiger partial charge < -0.3 is 25.3 Å². The zero-order valence-electron chi connectivity index (χ0n) is 13.6. The van der Waals surface area contributed by atoms with E-state index in [4.69, 9.17) is 4.74 Å². The topological polar surface area (TPSA) is 108 Å². The molecule has 2 aromatic carbocycles. The maximum Gasteiger partial charge on any atom is 0.255 e. The van der Waals surface area contributed by atoms with Crippen molar-refractivity contribution >= 4 is 29.2 Å². The van der Waals surface area contributed by atoms with Gasteiger partial charge in [-0.25, -0.2) is 0 Å². The normalized spacial score (nSPS) is 9.96. The molecule has 2 aromatic rings. The fourth-order valence-electron chi connectivity index (χ4n) is 2.05. The van der Waals surface area contributed by atoms with Gasteiger partial charge in [0.2, 0.25) is 5.91 Å². The second kappa shape index (κ2) is 8.49. The van der Waals surface area contributed by atoms with Gasteiger partial charge in [-0.15, -0.1) is 0 Å². The van der Waals surface area contributed by atoms with Crippen molar-refractivity contribution in [3.8, 4) is 5.75 Å². The highest BCUT2D eigenvalue weighted by atomic mass is 16.5. The lowest BCUT2D eigenvalue weighted by Crippen LogP contribution is -2.24. The average molecular weight is 341 g/mol. The third-order valence-electron chi connectivity index (χ3n) is 3.31. The molecule has 0 heterocycles. The SMILES string of the molecule is COc1ccc(NC(=O)c2cccc(NC(=O)CCC(=O)[O-])c2)cc1. The number of amides is 2. The van der Waals surface area contributed by atoms with Crippen LogP contribution in [0.5, 0.6) is 5.75 Å². The molecule has 0 aliphatic carbocycles. The Morgan fingerprint density at radius 2 is 1.68 bits per heavy atom. The van der Waals surface area contributed by atoms with Crippen molar-refractivity contribution in [2.24, 2.45) is 0 Å². The van der Waals surface area contributed by atoms with Crippen LogP contribution in [0.3, 0.4) is 0 Å². The predicted molar refractivity (Wildman–Crippen MR) is 90.3 cm³/mol. The lowest BCUT2D eigenvalue weighted by atomic mass is 10.1. The Bertz CT molecular complexity index is 771. The molecule has 0 fully saturated rings. The van der Waals surface area contributed by atoms with Gasteiger partial charge in [0, 0.05) is 29.3 Å². The molecule has 0 bridgehead atoms. The predicted octanol–water partition coefficient (Wildman–Crippen LogP) is 1.42. The molecule has 0 aromatic heterocycles. The summed E-state index contributed by atoms with van der Waals surface area (Å²) in [5, 5.41) is 15.6. The van der Waals surface area contributed by atoms with Gasteiger partial charge in [-0.2, -0.15) is 0 Å². The highest BCUT2D eigenvalue weighted by Gasteiger charge is 2.09. The van der Waals surface area contributed by atoms with E-state index in [1.165, 1.54) is 6.07 Å². The second-order valence-electron chi connectivity index (χ2n) is 5.18. The highest BCUT2D eigenvalue weighted by molar-refractivity contribution is 6.05. The number of aliphatic carboxylic acids is 1. The lowest BCUT2D eigenvalue weighted by molar-refractivity contribution is -0.305. The first kappa shape index (κ1) is 18.0. The van der Waals surface area contributed by atoms with Crippen LogP contribution in [0.25, 0.3) is 0 Å². The molecule has 2 amide bonds. The van der Waals surface area contributed by atoms with E-state index < -0.39 is 11.9 Å². The van der Waals surface area contributed by atoms with Crippen LogP contribution in [0, 0.1) is 0 Å². The highest BCUT2D eigenvalue weighted by Crippen LogP contribution is 2.17. The molecule has 0 aliphatic heterocycles. The van der Waals surface area contributed by atoms with Gasteiger partial charge in [0.1, 0.15) is 5.75 Å². The third kappa shape index (κ3) is 5.65. The minimum atomic E-state index is -1.29. The summed E-state index contributed by atoms with van der Waals surface area (Å²) in [7, 11) is 1.56. The van der Waals surface area contributed by atoms with Gasteiger partial charge in [0.25, 0.3) is 5.91 Å². The average Bonchev–Trinajstić information content (AvgIpc) is 2.61. The monoisotopic (exact) mass is 341 g/mol. The number of nitrogens with one attached hydrogen (secondary N) is 2. The zero-order chi connectivity index (χ0) is 18.2. The molecule has 2 rings (SSSR count). The summed E-state index contributed by atoms with van der Waals surface area (Å²) in [6.45, 7) is 0. The molecule has 0 aliphatic rings. The summed E-state index contributed by atoms with van der Waals surface area (Å²) in [6.07, 6.45) is -0.548. The quantitative estimate of drug-likeness (QED) is 0.792. The van der Waals surface area contributed by atoms with Crippen LogP contribution in [-0.2, 0) is 9.59 Å². The van der Waals surface area contributed by atoms with Gasteiger partial charge in [-0.3, -0.25) is 9.59 Å². The van der Waals surface area contributed by atoms with Gasteiger partial charge >= 0.3 is 0 Å². The molecule has 25 heavy (non-hydrogen) atoms. The minimum Gasteiger partial charge on any atom is -0.550 e. The minimum absolute atomic E-state index is 0.190. The van der Waals surface area contributed by atoms with Gasteiger partial charge in [-0.1, -0.05) is 6.07 Å². The summed E-state index contributed by atoms with van der Waals surface area (Å²) in [4.78, 5) is 34.3. The van der Waals surface area contributed by atoms with E-state index in [1.807, 2.05) is 0 Å². The number of hydrogen-bond donors (Lipinski definition) is 2. The van der Waals surface area contributed by atoms with E-state index >= 15 is 0 Å². The largest absolute Gasteiger partial charge is 0.550 e. The number of carboxylic acid groups (broad SMARTS) is 1. The van der Waals surface area contributed by atoms with Gasteiger partial charge in [-0.05, 0) is 48.9 Å². The number of rotatable bonds is 7. The number of anilines is 2. The van der Waals surface area contributed by atoms with Crippen molar-refractivity contribution in [1.29, 1.82) is 0 Å². The van der Waals surface area contributed by atoms with E-state index in [9.17, 15) is 19.5 Å². The number of hydrogen-bond acceptors (Lipinski definition) is 5. The summed E-state index contributed by atoms with van der Waals surface area (Å²) in [5.74, 6) is -1.41. The lowest BCUT2D eigenvalue weighted by Gasteiger charge is -2.09. The summed E-state index contributed by atoms with van der Waals surface area (Å²) in [5.41, 5.74) is 1.37. The van der Waals surface area contributed by atoms with Crippen molar-refractivity contribution in [2.45, 2.75) is 12.8 Å². The van der Waals surface area contributed by atoms with Crippen LogP contribution in [-0.4, -0.2) is 24.9 Å². The molecule has 0 atom stereocenters. The van der Waals surface area contributed by atoms with Crippen molar-refractivity contribution in [2.75, 3.05) is 17.7 Å². The van der Waals surface area contributed by atoms with Crippen LogP contribution in [0.15, 0.2) is 48.5 Å². The number of carbonyl (C=O) groups is 3. The number of methoxy groups -OCH3 is 1. The van der Waals surface area contributed by atoms with E-state index in [-0.39, 0.29) is 18.7 Å². The fraction of sp³-hybridized carbons (Fsp3) is 0.167. The molecule has 2 N–H and O–H groups in total. The van der Waals surface area contributed by atoms with Crippen LogP contribution < -0.4 is 20.5 Å². The van der Waals surface area contributed by atoms with Gasteiger partial charge in [0.05, 0.1) is 7.11 Å². The zero-order valence-corrected chi connectivity index (χ0v) is 13.6. The number of carbonyl (C=O) groups excluding carboxylic acids is 3. The summed E-state index contributed by atoms with van der Waals surface area (Å²) >= 11 is 0. The van der Waals surface area contributed by atoms with Crippen LogP contribution in [0.1, 0.15) is 23.2 Å². The van der Waals surface area contributed by atoms with Crippen LogP contribution >= 0.6 is 0 Å². The number of carboxylic acids is 1. The molecule has 0 spiro atoms. The number of ether oxygens (including phenoxy) is 1. The molecule has 7 nitrogen and oxygen atoms in total. The summed E-state index contributed by atoms with van der Waals surface area (Å²) < 4.78 is 5.05. The molecule has 7 heteroatoms. The summed E-state index contributed by atoms with van der Waals surface area (Å²) in [6, 6.07) is 13.2. The first-order valence-electron chi connectivity index (χ1n) is 7.53. The van der Waals surface area contributed by atoms with Crippen LogP contribution in [0.4, 0.5) is 11.4 Å². The first-order valence-corrected chi connectivity index (χ1v) is 7.53. The standard InChI is InChI=1S/C18H18N2O5/c1-25-15-7-5-13(6-8-15)20-18(24)12-3-2-4-14(11-12)19-16(21)9-10-17(22)23/h2-8,11H,9-10H2,1H3,(H,19,21)(H,20,24)(H,22,23)/p-1. The number of benzene rings is 2. The molecular weight excluding hydrogens is 324 g/mol. The second-order valence-corrected chi connectivity index (χ2v) is 5.18. The molecule has 0 saturated heterocycles. The smallest absolute Gasteiger partial charge is 0.255 e. The fourth-order valence-corrected chi connectivity index (χ4v) is 2.05. The Hall–Kier alpha value is -3.35. The Morgan fingerprint density at radius 3 is 2.32 bits per heavy atom. The Kier molecular flexibility index (Phi) is 6.11. The van der Waals surface area contributed by atoms with Gasteiger partial charge in [0.15, 0.2) is 0 Å². The maximum absolute atomic E-state index is 12.3. The van der Waals surface area contributed by atoms with E-state index in [0.717, 1.165) is 0 Å². The first-order chi connectivity index (χ1) is 12.0. The molecule has 130 valence electrons. The Morgan fingerprint density at radius 1 is 0.960 bits per heavy atom. The van der Waals surface area contributed by atoms with E-state index in [1.54, 1.807) is 49.6 Å². The van der Waals surface area contributed by atoms with Crippen molar-refractivity contribution in [3.63, 3.8) is 0 Å². The molecule has 0 saturated carbocycles.